The minimum Gasteiger partial charge on any atom is -0.383 e. The van der Waals surface area contributed by atoms with Crippen LogP contribution in [0.4, 0.5) is 10.2 Å². The maximum absolute atomic E-state index is 13.2. The molecule has 0 spiro atoms. The van der Waals surface area contributed by atoms with Crippen molar-refractivity contribution >= 4 is 11.7 Å². The highest BCUT2D eigenvalue weighted by Gasteiger charge is 2.31. The van der Waals surface area contributed by atoms with Crippen molar-refractivity contribution in [3.63, 3.8) is 0 Å². The Morgan fingerprint density at radius 3 is 2.65 bits per heavy atom. The largest absolute Gasteiger partial charge is 0.383 e. The van der Waals surface area contributed by atoms with Gasteiger partial charge < -0.3 is 10.6 Å². The number of rotatable bonds is 2. The van der Waals surface area contributed by atoms with Gasteiger partial charge in [0.1, 0.15) is 11.6 Å². The van der Waals surface area contributed by atoms with Crippen molar-refractivity contribution in [2.24, 2.45) is 5.41 Å². The molecule has 1 amide bonds. The fraction of sp³-hybridized carbons (Fsp3) is 0.600. The van der Waals surface area contributed by atoms with Gasteiger partial charge in [0.25, 0.3) is 5.91 Å². The van der Waals surface area contributed by atoms with Gasteiger partial charge in [0.2, 0.25) is 0 Å². The lowest BCUT2D eigenvalue weighted by Crippen LogP contribution is -2.41. The van der Waals surface area contributed by atoms with Crippen LogP contribution in [-0.4, -0.2) is 28.9 Å². The van der Waals surface area contributed by atoms with Crippen LogP contribution in [0.5, 0.6) is 0 Å². The molecule has 0 unspecified atom stereocenters. The molecule has 2 rings (SSSR count). The molecular weight excluding hydrogens is 257 g/mol. The van der Waals surface area contributed by atoms with E-state index in [0.717, 1.165) is 37.9 Å². The summed E-state index contributed by atoms with van der Waals surface area (Å²) in [6, 6.07) is 1.35. The van der Waals surface area contributed by atoms with Crippen LogP contribution in [-0.2, 0) is 0 Å². The first-order valence-electron chi connectivity index (χ1n) is 6.98. The first-order valence-corrected chi connectivity index (χ1v) is 6.98. The van der Waals surface area contributed by atoms with E-state index in [-0.39, 0.29) is 23.3 Å². The van der Waals surface area contributed by atoms with Gasteiger partial charge in [-0.25, -0.2) is 9.37 Å². The Morgan fingerprint density at radius 1 is 1.45 bits per heavy atom. The lowest BCUT2D eigenvalue weighted by atomic mass is 9.75. The summed E-state index contributed by atoms with van der Waals surface area (Å²) in [5.41, 5.74) is 6.17. The number of pyridine rings is 1. The molecule has 0 aromatic carbocycles. The van der Waals surface area contributed by atoms with E-state index in [0.29, 0.717) is 5.41 Å². The number of carbonyl (C=O) groups is 1. The second kappa shape index (κ2) is 5.38. The number of halogens is 1. The van der Waals surface area contributed by atoms with Crippen LogP contribution in [0.3, 0.4) is 0 Å². The van der Waals surface area contributed by atoms with Gasteiger partial charge >= 0.3 is 0 Å². The minimum atomic E-state index is -0.541. The summed E-state index contributed by atoms with van der Waals surface area (Å²) in [4.78, 5) is 17.8. The van der Waals surface area contributed by atoms with E-state index in [1.807, 2.05) is 0 Å². The Balaban J connectivity index is 2.11. The third-order valence-electron chi connectivity index (χ3n) is 4.29. The number of anilines is 1. The van der Waals surface area contributed by atoms with Gasteiger partial charge in [-0.1, -0.05) is 13.8 Å². The van der Waals surface area contributed by atoms with Crippen LogP contribution < -0.4 is 5.73 Å². The summed E-state index contributed by atoms with van der Waals surface area (Å²) in [5, 5.41) is 0. The Labute approximate surface area is 119 Å². The number of hydrogen-bond acceptors (Lipinski definition) is 3. The number of hydrogen-bond donors (Lipinski definition) is 1. The minimum absolute atomic E-state index is 0.0828. The van der Waals surface area contributed by atoms with Crippen molar-refractivity contribution in [3.05, 3.63) is 23.6 Å². The molecule has 110 valence electrons. The maximum atomic E-state index is 13.2. The quantitative estimate of drug-likeness (QED) is 0.905. The van der Waals surface area contributed by atoms with Crippen molar-refractivity contribution in [3.8, 4) is 0 Å². The van der Waals surface area contributed by atoms with Crippen molar-refractivity contribution in [2.45, 2.75) is 45.6 Å². The average Bonchev–Trinajstić information content (AvgIpc) is 2.40. The molecule has 5 heteroatoms. The predicted octanol–water partition coefficient (Wildman–Crippen LogP) is 2.84. The van der Waals surface area contributed by atoms with Gasteiger partial charge in [0, 0.05) is 13.1 Å². The van der Waals surface area contributed by atoms with Crippen LogP contribution >= 0.6 is 0 Å². The van der Waals surface area contributed by atoms with Gasteiger partial charge in [-0.2, -0.15) is 0 Å². The van der Waals surface area contributed by atoms with Gasteiger partial charge in [-0.3, -0.25) is 4.79 Å². The zero-order chi connectivity index (χ0) is 14.9. The normalized spacial score (nSPS) is 18.8. The van der Waals surface area contributed by atoms with Gasteiger partial charge in [0.05, 0.1) is 11.8 Å². The van der Waals surface area contributed by atoms with Crippen LogP contribution in [0.15, 0.2) is 12.3 Å². The molecule has 1 aliphatic carbocycles. The SMILES string of the molecule is CN(C(=O)c1cc(F)cnc1N)C1CCC(C)(C)CC1. The number of nitrogens with two attached hydrogens (primary N) is 1. The van der Waals surface area contributed by atoms with E-state index in [2.05, 4.69) is 18.8 Å². The summed E-state index contributed by atoms with van der Waals surface area (Å²) < 4.78 is 13.2. The van der Waals surface area contributed by atoms with Crippen molar-refractivity contribution in [1.82, 2.24) is 9.88 Å². The number of carbonyl (C=O) groups excluding carboxylic acids is 1. The van der Waals surface area contributed by atoms with Gasteiger partial charge in [0.15, 0.2) is 0 Å². The zero-order valence-electron chi connectivity index (χ0n) is 12.3. The number of nitrogen functional groups attached to an aromatic ring is 1. The molecule has 1 fully saturated rings. The molecule has 0 bridgehead atoms. The first kappa shape index (κ1) is 14.8. The molecule has 1 aliphatic rings. The van der Waals surface area contributed by atoms with Crippen LogP contribution in [0, 0.1) is 11.2 Å². The third-order valence-corrected chi connectivity index (χ3v) is 4.29. The summed E-state index contributed by atoms with van der Waals surface area (Å²) in [6.07, 6.45) is 5.14. The van der Waals surface area contributed by atoms with E-state index in [1.165, 1.54) is 0 Å². The fourth-order valence-electron chi connectivity index (χ4n) is 2.75. The lowest BCUT2D eigenvalue weighted by Gasteiger charge is -2.38. The van der Waals surface area contributed by atoms with E-state index < -0.39 is 5.82 Å². The molecule has 20 heavy (non-hydrogen) atoms. The number of aromatic nitrogens is 1. The smallest absolute Gasteiger partial charge is 0.257 e. The predicted molar refractivity (Wildman–Crippen MR) is 76.7 cm³/mol. The molecule has 0 aliphatic heterocycles. The van der Waals surface area contributed by atoms with E-state index >= 15 is 0 Å². The number of amides is 1. The molecule has 1 saturated carbocycles. The maximum Gasteiger partial charge on any atom is 0.257 e. The fourth-order valence-corrected chi connectivity index (χ4v) is 2.75. The van der Waals surface area contributed by atoms with Crippen molar-refractivity contribution in [2.75, 3.05) is 12.8 Å². The molecule has 2 N–H and O–H groups in total. The molecule has 1 heterocycles. The average molecular weight is 279 g/mol. The summed E-state index contributed by atoms with van der Waals surface area (Å²) in [5.74, 6) is -0.709. The van der Waals surface area contributed by atoms with E-state index in [1.54, 1.807) is 11.9 Å². The monoisotopic (exact) mass is 279 g/mol. The van der Waals surface area contributed by atoms with E-state index in [9.17, 15) is 9.18 Å². The second-order valence-corrected chi connectivity index (χ2v) is 6.40. The number of nitrogens with zero attached hydrogens (tertiary/aromatic N) is 2. The molecule has 1 aromatic heterocycles. The topological polar surface area (TPSA) is 59.2 Å². The van der Waals surface area contributed by atoms with Gasteiger partial charge in [-0.15, -0.1) is 0 Å². The highest BCUT2D eigenvalue weighted by atomic mass is 19.1. The Morgan fingerprint density at radius 2 is 2.05 bits per heavy atom. The summed E-state index contributed by atoms with van der Waals surface area (Å²) in [6.45, 7) is 4.50. The van der Waals surface area contributed by atoms with E-state index in [4.69, 9.17) is 5.73 Å². The third kappa shape index (κ3) is 3.08. The van der Waals surface area contributed by atoms with Gasteiger partial charge in [-0.05, 0) is 37.2 Å². The lowest BCUT2D eigenvalue weighted by molar-refractivity contribution is 0.0635. The molecule has 4 nitrogen and oxygen atoms in total. The highest BCUT2D eigenvalue weighted by Crippen LogP contribution is 2.37. The Bertz CT molecular complexity index is 506. The highest BCUT2D eigenvalue weighted by molar-refractivity contribution is 5.98. The van der Waals surface area contributed by atoms with Crippen LogP contribution in [0.2, 0.25) is 0 Å². The standard InChI is InChI=1S/C15H22FN3O/c1-15(2)6-4-11(5-7-15)19(3)14(20)12-8-10(16)9-18-13(12)17/h8-9,11H,4-7H2,1-3H3,(H2,17,18). The molecule has 0 radical (unpaired) electrons. The summed E-state index contributed by atoms with van der Waals surface area (Å²) >= 11 is 0. The van der Waals surface area contributed by atoms with Crippen molar-refractivity contribution < 1.29 is 9.18 Å². The Hall–Kier alpha value is -1.65. The summed E-state index contributed by atoms with van der Waals surface area (Å²) in [7, 11) is 1.76. The molecular formula is C15H22FN3O. The molecule has 0 saturated heterocycles. The first-order chi connectivity index (χ1) is 9.30. The zero-order valence-corrected chi connectivity index (χ0v) is 12.3. The molecule has 1 aromatic rings. The second-order valence-electron chi connectivity index (χ2n) is 6.40. The molecule has 0 atom stereocenters. The Kier molecular flexibility index (Phi) is 3.97. The van der Waals surface area contributed by atoms with Crippen molar-refractivity contribution in [1.29, 1.82) is 0 Å². The van der Waals surface area contributed by atoms with Crippen LogP contribution in [0.25, 0.3) is 0 Å². The van der Waals surface area contributed by atoms with Crippen LogP contribution in [0.1, 0.15) is 49.9 Å².